The second-order valence-corrected chi connectivity index (χ2v) is 5.88. The molecule has 20 heavy (non-hydrogen) atoms. The van der Waals surface area contributed by atoms with Gasteiger partial charge in [0.25, 0.3) is 0 Å². The van der Waals surface area contributed by atoms with Crippen molar-refractivity contribution in [3.63, 3.8) is 0 Å². The molecule has 2 aromatic heterocycles. The van der Waals surface area contributed by atoms with Crippen molar-refractivity contribution in [3.05, 3.63) is 60.3 Å². The molecule has 0 fully saturated rings. The molecule has 2 heterocycles. The van der Waals surface area contributed by atoms with Gasteiger partial charge in [-0.1, -0.05) is 18.2 Å². The van der Waals surface area contributed by atoms with Gasteiger partial charge in [0.15, 0.2) is 0 Å². The van der Waals surface area contributed by atoms with Crippen LogP contribution in [0.1, 0.15) is 5.69 Å². The molecular weight excluding hydrogens is 264 g/mol. The van der Waals surface area contributed by atoms with E-state index in [1.54, 1.807) is 11.3 Å². The van der Waals surface area contributed by atoms with Crippen LogP contribution in [0.25, 0.3) is 31.7 Å². The Morgan fingerprint density at radius 3 is 2.65 bits per heavy atom. The number of para-hydroxylation sites is 1. The molecule has 0 bridgehead atoms. The monoisotopic (exact) mass is 276 g/mol. The molecule has 0 aliphatic heterocycles. The third-order valence-corrected chi connectivity index (χ3v) is 4.45. The average molecular weight is 276 g/mol. The Labute approximate surface area is 120 Å². The maximum absolute atomic E-state index is 4.71. The molecule has 0 aliphatic carbocycles. The van der Waals surface area contributed by atoms with Gasteiger partial charge in [0.1, 0.15) is 5.01 Å². The molecule has 0 saturated heterocycles. The van der Waals surface area contributed by atoms with Crippen LogP contribution in [0.2, 0.25) is 0 Å². The van der Waals surface area contributed by atoms with E-state index in [-0.39, 0.29) is 0 Å². The van der Waals surface area contributed by atoms with Crippen LogP contribution in [0.5, 0.6) is 0 Å². The number of thiazole rings is 1. The lowest BCUT2D eigenvalue weighted by Gasteiger charge is -2.01. The van der Waals surface area contributed by atoms with Crippen molar-refractivity contribution in [1.29, 1.82) is 0 Å². The first-order chi connectivity index (χ1) is 9.79. The highest BCUT2D eigenvalue weighted by Gasteiger charge is 2.06. The minimum Gasteiger partial charge on any atom is -0.253 e. The first-order valence-electron chi connectivity index (χ1n) is 6.53. The van der Waals surface area contributed by atoms with E-state index in [0.717, 1.165) is 32.7 Å². The molecule has 0 amide bonds. The number of aryl methyl sites for hydroxylation is 1. The van der Waals surface area contributed by atoms with Gasteiger partial charge >= 0.3 is 0 Å². The number of fused-ring (bicyclic) bond motifs is 2. The molecule has 0 atom stereocenters. The summed E-state index contributed by atoms with van der Waals surface area (Å²) in [6, 6.07) is 18.8. The fourth-order valence-corrected chi connectivity index (χ4v) is 3.32. The highest BCUT2D eigenvalue weighted by Crippen LogP contribution is 2.31. The molecular formula is C17H12N2S. The summed E-state index contributed by atoms with van der Waals surface area (Å²) in [5, 5.41) is 2.22. The number of hydrogen-bond acceptors (Lipinski definition) is 3. The lowest BCUT2D eigenvalue weighted by Crippen LogP contribution is -1.84. The number of pyridine rings is 1. The number of rotatable bonds is 1. The minimum atomic E-state index is 1.04. The second kappa shape index (κ2) is 4.39. The van der Waals surface area contributed by atoms with Crippen LogP contribution in [0, 0.1) is 6.92 Å². The predicted molar refractivity (Wildman–Crippen MR) is 85.1 cm³/mol. The number of aromatic nitrogens is 2. The first kappa shape index (κ1) is 11.6. The van der Waals surface area contributed by atoms with Crippen molar-refractivity contribution < 1.29 is 0 Å². The topological polar surface area (TPSA) is 25.8 Å². The van der Waals surface area contributed by atoms with Crippen LogP contribution in [0.15, 0.2) is 54.6 Å². The zero-order valence-electron chi connectivity index (χ0n) is 11.0. The maximum Gasteiger partial charge on any atom is 0.124 e. The van der Waals surface area contributed by atoms with Crippen molar-refractivity contribution in [2.45, 2.75) is 6.92 Å². The Morgan fingerprint density at radius 1 is 0.850 bits per heavy atom. The van der Waals surface area contributed by atoms with Crippen LogP contribution in [0.4, 0.5) is 0 Å². The number of hydrogen-bond donors (Lipinski definition) is 0. The van der Waals surface area contributed by atoms with Crippen molar-refractivity contribution in [3.8, 4) is 10.6 Å². The third-order valence-electron chi connectivity index (χ3n) is 3.37. The third kappa shape index (κ3) is 1.87. The van der Waals surface area contributed by atoms with Gasteiger partial charge < -0.3 is 0 Å². The van der Waals surface area contributed by atoms with E-state index in [1.165, 1.54) is 4.70 Å². The van der Waals surface area contributed by atoms with Crippen molar-refractivity contribution in [2.24, 2.45) is 0 Å². The standard InChI is InChI=1S/C17H12N2S/c1-11-6-7-12-10-13(8-9-14(12)18-11)17-19-15-4-2-3-5-16(15)20-17/h2-10H,1H3. The van der Waals surface area contributed by atoms with Crippen LogP contribution < -0.4 is 0 Å². The zero-order chi connectivity index (χ0) is 13.5. The first-order valence-corrected chi connectivity index (χ1v) is 7.35. The fourth-order valence-electron chi connectivity index (χ4n) is 2.36. The highest BCUT2D eigenvalue weighted by molar-refractivity contribution is 7.21. The quantitative estimate of drug-likeness (QED) is 0.498. The molecule has 2 aromatic carbocycles. The van der Waals surface area contributed by atoms with Crippen LogP contribution in [-0.4, -0.2) is 9.97 Å². The molecule has 96 valence electrons. The summed E-state index contributed by atoms with van der Waals surface area (Å²) in [6.07, 6.45) is 0. The Morgan fingerprint density at radius 2 is 1.75 bits per heavy atom. The molecule has 0 saturated carbocycles. The SMILES string of the molecule is Cc1ccc2cc(-c3nc4ccccc4s3)ccc2n1. The summed E-state index contributed by atoms with van der Waals surface area (Å²) in [6.45, 7) is 2.01. The Balaban J connectivity index is 1.90. The number of benzene rings is 2. The molecule has 3 heteroatoms. The van der Waals surface area contributed by atoms with Gasteiger partial charge in [-0.25, -0.2) is 4.98 Å². The fraction of sp³-hybridized carbons (Fsp3) is 0.0588. The molecule has 0 spiro atoms. The lowest BCUT2D eigenvalue weighted by atomic mass is 10.1. The van der Waals surface area contributed by atoms with E-state index in [1.807, 2.05) is 19.1 Å². The van der Waals surface area contributed by atoms with E-state index in [2.05, 4.69) is 47.4 Å². The van der Waals surface area contributed by atoms with E-state index in [9.17, 15) is 0 Å². The molecule has 0 unspecified atom stereocenters. The van der Waals surface area contributed by atoms with Gasteiger partial charge in [-0.05, 0) is 43.3 Å². The summed E-state index contributed by atoms with van der Waals surface area (Å²) in [7, 11) is 0. The molecule has 4 rings (SSSR count). The van der Waals surface area contributed by atoms with E-state index >= 15 is 0 Å². The zero-order valence-corrected chi connectivity index (χ0v) is 11.8. The van der Waals surface area contributed by atoms with Gasteiger partial charge in [0.05, 0.1) is 15.7 Å². The van der Waals surface area contributed by atoms with Crippen LogP contribution in [0.3, 0.4) is 0 Å². The van der Waals surface area contributed by atoms with Gasteiger partial charge in [-0.2, -0.15) is 0 Å². The Hall–Kier alpha value is -2.26. The lowest BCUT2D eigenvalue weighted by molar-refractivity contribution is 1.26. The second-order valence-electron chi connectivity index (χ2n) is 4.85. The maximum atomic E-state index is 4.71. The van der Waals surface area contributed by atoms with Crippen LogP contribution >= 0.6 is 11.3 Å². The normalized spacial score (nSPS) is 11.2. The molecule has 0 N–H and O–H groups in total. The molecule has 0 radical (unpaired) electrons. The van der Waals surface area contributed by atoms with Gasteiger partial charge in [-0.15, -0.1) is 11.3 Å². The van der Waals surface area contributed by atoms with Crippen LogP contribution in [-0.2, 0) is 0 Å². The summed E-state index contributed by atoms with van der Waals surface area (Å²) in [5.74, 6) is 0. The van der Waals surface area contributed by atoms with Crippen molar-refractivity contribution in [2.75, 3.05) is 0 Å². The minimum absolute atomic E-state index is 1.04. The van der Waals surface area contributed by atoms with E-state index in [4.69, 9.17) is 4.98 Å². The molecule has 2 nitrogen and oxygen atoms in total. The summed E-state index contributed by atoms with van der Waals surface area (Å²) in [5.41, 5.74) is 4.30. The Kier molecular flexibility index (Phi) is 2.54. The van der Waals surface area contributed by atoms with Crippen molar-refractivity contribution >= 4 is 32.5 Å². The summed E-state index contributed by atoms with van der Waals surface area (Å²) in [4.78, 5) is 9.24. The largest absolute Gasteiger partial charge is 0.253 e. The van der Waals surface area contributed by atoms with Gasteiger partial charge in [0.2, 0.25) is 0 Å². The van der Waals surface area contributed by atoms with E-state index in [0.29, 0.717) is 0 Å². The van der Waals surface area contributed by atoms with Crippen molar-refractivity contribution in [1.82, 2.24) is 9.97 Å². The summed E-state index contributed by atoms with van der Waals surface area (Å²) >= 11 is 1.73. The van der Waals surface area contributed by atoms with E-state index < -0.39 is 0 Å². The number of nitrogens with zero attached hydrogens (tertiary/aromatic N) is 2. The molecule has 0 aliphatic rings. The smallest absolute Gasteiger partial charge is 0.124 e. The molecule has 4 aromatic rings. The highest BCUT2D eigenvalue weighted by atomic mass is 32.1. The van der Waals surface area contributed by atoms with Gasteiger partial charge in [0, 0.05) is 16.6 Å². The summed E-state index contributed by atoms with van der Waals surface area (Å²) < 4.78 is 1.23. The predicted octanol–water partition coefficient (Wildman–Crippen LogP) is 4.82. The Bertz CT molecular complexity index is 891. The average Bonchev–Trinajstić information content (AvgIpc) is 2.90. The van der Waals surface area contributed by atoms with Gasteiger partial charge in [-0.3, -0.25) is 4.98 Å².